The van der Waals surface area contributed by atoms with Crippen LogP contribution in [0.4, 0.5) is 4.79 Å². The van der Waals surface area contributed by atoms with Crippen molar-refractivity contribution in [2.24, 2.45) is 0 Å². The van der Waals surface area contributed by atoms with Crippen LogP contribution in [0.1, 0.15) is 39.5 Å². The van der Waals surface area contributed by atoms with Crippen molar-refractivity contribution in [2.45, 2.75) is 45.6 Å². The molecule has 0 saturated heterocycles. The maximum absolute atomic E-state index is 12.1. The number of hydrogen-bond acceptors (Lipinski definition) is 3. The number of nitrogens with one attached hydrogen (secondary N) is 1. The van der Waals surface area contributed by atoms with Crippen LogP contribution in [0.15, 0.2) is 0 Å². The van der Waals surface area contributed by atoms with E-state index in [4.69, 9.17) is 5.11 Å². The SMILES string of the molecule is CCCC(CC(=O)O)NC(=O)N(CC)CCCN(C)C. The number of carbonyl (C=O) groups is 2. The molecule has 0 aromatic heterocycles. The van der Waals surface area contributed by atoms with Gasteiger partial charge in [0, 0.05) is 19.1 Å². The zero-order valence-electron chi connectivity index (χ0n) is 13.2. The minimum absolute atomic E-state index is 0.0190. The highest BCUT2D eigenvalue weighted by atomic mass is 16.4. The summed E-state index contributed by atoms with van der Waals surface area (Å²) in [6, 6.07) is -0.446. The fourth-order valence-electron chi connectivity index (χ4n) is 2.03. The highest BCUT2D eigenvalue weighted by Crippen LogP contribution is 2.04. The van der Waals surface area contributed by atoms with Gasteiger partial charge in [-0.05, 0) is 40.4 Å². The van der Waals surface area contributed by atoms with Crippen LogP contribution < -0.4 is 5.32 Å². The lowest BCUT2D eigenvalue weighted by atomic mass is 10.1. The molecule has 0 aliphatic heterocycles. The van der Waals surface area contributed by atoms with Gasteiger partial charge in [-0.15, -0.1) is 0 Å². The van der Waals surface area contributed by atoms with Crippen LogP contribution in [0, 0.1) is 0 Å². The summed E-state index contributed by atoms with van der Waals surface area (Å²) in [6.07, 6.45) is 2.43. The van der Waals surface area contributed by atoms with E-state index in [9.17, 15) is 9.59 Å². The molecule has 1 atom stereocenters. The van der Waals surface area contributed by atoms with E-state index in [0.29, 0.717) is 19.5 Å². The van der Waals surface area contributed by atoms with Gasteiger partial charge in [-0.3, -0.25) is 4.79 Å². The van der Waals surface area contributed by atoms with Crippen molar-refractivity contribution >= 4 is 12.0 Å². The van der Waals surface area contributed by atoms with E-state index in [1.165, 1.54) is 0 Å². The van der Waals surface area contributed by atoms with Crippen LogP contribution in [0.2, 0.25) is 0 Å². The van der Waals surface area contributed by atoms with E-state index in [1.807, 2.05) is 27.9 Å². The van der Waals surface area contributed by atoms with Gasteiger partial charge in [-0.1, -0.05) is 13.3 Å². The number of rotatable bonds is 10. The summed E-state index contributed by atoms with van der Waals surface area (Å²) in [7, 11) is 4.00. The Kier molecular flexibility index (Phi) is 9.80. The quantitative estimate of drug-likeness (QED) is 0.640. The molecule has 0 heterocycles. The minimum atomic E-state index is -0.876. The first kappa shape index (κ1) is 18.7. The highest BCUT2D eigenvalue weighted by molar-refractivity contribution is 5.75. The fraction of sp³-hybridized carbons (Fsp3) is 0.857. The molecule has 0 aromatic rings. The van der Waals surface area contributed by atoms with Crippen molar-refractivity contribution in [1.82, 2.24) is 15.1 Å². The third-order valence-electron chi connectivity index (χ3n) is 3.09. The molecule has 1 unspecified atom stereocenters. The van der Waals surface area contributed by atoms with Crippen LogP contribution in [0.25, 0.3) is 0 Å². The molecule has 6 heteroatoms. The van der Waals surface area contributed by atoms with Gasteiger partial charge in [-0.25, -0.2) is 4.79 Å². The number of carboxylic acids is 1. The summed E-state index contributed by atoms with van der Waals surface area (Å²) < 4.78 is 0. The molecule has 0 bridgehead atoms. The van der Waals surface area contributed by atoms with Crippen LogP contribution in [-0.4, -0.2) is 66.7 Å². The van der Waals surface area contributed by atoms with Crippen molar-refractivity contribution in [3.05, 3.63) is 0 Å². The average molecular weight is 287 g/mol. The van der Waals surface area contributed by atoms with Crippen LogP contribution >= 0.6 is 0 Å². The van der Waals surface area contributed by atoms with Crippen molar-refractivity contribution in [1.29, 1.82) is 0 Å². The zero-order valence-corrected chi connectivity index (χ0v) is 13.2. The maximum Gasteiger partial charge on any atom is 0.317 e. The summed E-state index contributed by atoms with van der Waals surface area (Å²) >= 11 is 0. The Morgan fingerprint density at radius 1 is 1.20 bits per heavy atom. The Morgan fingerprint density at radius 3 is 2.30 bits per heavy atom. The first-order valence-corrected chi connectivity index (χ1v) is 7.32. The molecule has 0 aliphatic rings. The van der Waals surface area contributed by atoms with Crippen molar-refractivity contribution < 1.29 is 14.7 Å². The van der Waals surface area contributed by atoms with Crippen molar-refractivity contribution in [2.75, 3.05) is 33.7 Å². The molecule has 2 amide bonds. The van der Waals surface area contributed by atoms with Crippen molar-refractivity contribution in [3.63, 3.8) is 0 Å². The molecular formula is C14H29N3O3. The minimum Gasteiger partial charge on any atom is -0.481 e. The molecule has 0 saturated carbocycles. The summed E-state index contributed by atoms with van der Waals surface area (Å²) in [6.45, 7) is 6.16. The molecule has 0 radical (unpaired) electrons. The first-order chi connectivity index (χ1) is 9.40. The Morgan fingerprint density at radius 2 is 1.85 bits per heavy atom. The Labute approximate surface area is 122 Å². The highest BCUT2D eigenvalue weighted by Gasteiger charge is 2.18. The monoisotopic (exact) mass is 287 g/mol. The van der Waals surface area contributed by atoms with Gasteiger partial charge in [0.25, 0.3) is 0 Å². The molecule has 2 N–H and O–H groups in total. The van der Waals surface area contributed by atoms with Gasteiger partial charge in [-0.2, -0.15) is 0 Å². The average Bonchev–Trinajstić information content (AvgIpc) is 2.33. The lowest BCUT2D eigenvalue weighted by Gasteiger charge is -2.25. The predicted molar refractivity (Wildman–Crippen MR) is 79.9 cm³/mol. The Bertz CT molecular complexity index is 295. The van der Waals surface area contributed by atoms with Crippen LogP contribution in [0.3, 0.4) is 0 Å². The second kappa shape index (κ2) is 10.5. The number of nitrogens with zero attached hydrogens (tertiary/aromatic N) is 2. The molecule has 6 nitrogen and oxygen atoms in total. The van der Waals surface area contributed by atoms with Gasteiger partial charge in [0.2, 0.25) is 0 Å². The standard InChI is InChI=1S/C14H29N3O3/c1-5-8-12(11-13(18)19)15-14(20)17(6-2)10-7-9-16(3)4/h12H,5-11H2,1-4H3,(H,15,20)(H,18,19). The molecule has 0 aliphatic carbocycles. The van der Waals surface area contributed by atoms with Gasteiger partial charge in [0.15, 0.2) is 0 Å². The van der Waals surface area contributed by atoms with Gasteiger partial charge < -0.3 is 20.2 Å². The zero-order chi connectivity index (χ0) is 15.5. The molecule has 0 fully saturated rings. The molecule has 0 spiro atoms. The molecule has 118 valence electrons. The lowest BCUT2D eigenvalue weighted by molar-refractivity contribution is -0.137. The van der Waals surface area contributed by atoms with Gasteiger partial charge >= 0.3 is 12.0 Å². The Hall–Kier alpha value is -1.30. The number of hydrogen-bond donors (Lipinski definition) is 2. The molecule has 0 aromatic carbocycles. The number of urea groups is 1. The largest absolute Gasteiger partial charge is 0.481 e. The van der Waals surface area contributed by atoms with E-state index < -0.39 is 5.97 Å². The maximum atomic E-state index is 12.1. The topological polar surface area (TPSA) is 72.9 Å². The second-order valence-corrected chi connectivity index (χ2v) is 5.27. The first-order valence-electron chi connectivity index (χ1n) is 7.32. The summed E-state index contributed by atoms with van der Waals surface area (Å²) in [4.78, 5) is 26.7. The van der Waals surface area contributed by atoms with Crippen molar-refractivity contribution in [3.8, 4) is 0 Å². The van der Waals surface area contributed by atoms with Crippen LogP contribution in [0.5, 0.6) is 0 Å². The molecule has 0 rings (SSSR count). The fourth-order valence-corrected chi connectivity index (χ4v) is 2.03. The van der Waals surface area contributed by atoms with E-state index in [0.717, 1.165) is 19.4 Å². The predicted octanol–water partition coefficient (Wildman–Crippen LogP) is 1.61. The molecular weight excluding hydrogens is 258 g/mol. The van der Waals surface area contributed by atoms with Gasteiger partial charge in [0.05, 0.1) is 6.42 Å². The van der Waals surface area contributed by atoms with E-state index in [-0.39, 0.29) is 18.5 Å². The summed E-state index contributed by atoms with van der Waals surface area (Å²) in [5.41, 5.74) is 0. The van der Waals surface area contributed by atoms with E-state index in [2.05, 4.69) is 10.2 Å². The number of amides is 2. The van der Waals surface area contributed by atoms with Crippen LogP contribution in [-0.2, 0) is 4.79 Å². The van der Waals surface area contributed by atoms with Gasteiger partial charge in [0.1, 0.15) is 0 Å². The lowest BCUT2D eigenvalue weighted by Crippen LogP contribution is -2.46. The van der Waals surface area contributed by atoms with E-state index in [1.54, 1.807) is 4.90 Å². The third kappa shape index (κ3) is 8.74. The van der Waals surface area contributed by atoms with E-state index >= 15 is 0 Å². The second-order valence-electron chi connectivity index (χ2n) is 5.27. The normalized spacial score (nSPS) is 12.2. The third-order valence-corrected chi connectivity index (χ3v) is 3.09. The molecule has 20 heavy (non-hydrogen) atoms. The summed E-state index contributed by atoms with van der Waals surface area (Å²) in [5, 5.41) is 11.7. The summed E-state index contributed by atoms with van der Waals surface area (Å²) in [5.74, 6) is -0.876. The number of carbonyl (C=O) groups excluding carboxylic acids is 1. The smallest absolute Gasteiger partial charge is 0.317 e. The number of carboxylic acid groups (broad SMARTS) is 1. The Balaban J connectivity index is 4.31. The number of aliphatic carboxylic acids is 1.